The molecule has 0 aliphatic rings. The van der Waals surface area contributed by atoms with Crippen molar-refractivity contribution in [1.29, 1.82) is 0 Å². The minimum atomic E-state index is 0.753. The van der Waals surface area contributed by atoms with E-state index in [1.165, 1.54) is 11.1 Å². The van der Waals surface area contributed by atoms with Crippen LogP contribution in [0.15, 0.2) is 24.3 Å². The molecular weight excluding hydrogens is 268 g/mol. The number of fused-ring (bicyclic) bond motifs is 1. The molecule has 2 heterocycles. The van der Waals surface area contributed by atoms with Crippen molar-refractivity contribution in [2.24, 2.45) is 0 Å². The molecule has 0 aliphatic carbocycles. The van der Waals surface area contributed by atoms with Gasteiger partial charge in [-0.1, -0.05) is 29.8 Å². The van der Waals surface area contributed by atoms with Crippen LogP contribution < -0.4 is 0 Å². The van der Waals surface area contributed by atoms with Crippen molar-refractivity contribution in [1.82, 2.24) is 19.3 Å². The Morgan fingerprint density at radius 2 is 1.90 bits per heavy atom. The fourth-order valence-electron chi connectivity index (χ4n) is 2.50. The highest BCUT2D eigenvalue weighted by Crippen LogP contribution is 2.19. The summed E-state index contributed by atoms with van der Waals surface area (Å²) in [5.74, 6) is 0. The first kappa shape index (κ1) is 13.1. The second-order valence-corrected chi connectivity index (χ2v) is 5.49. The van der Waals surface area contributed by atoms with Crippen LogP contribution in [0, 0.1) is 18.6 Å². The molecule has 2 aromatic heterocycles. The summed E-state index contributed by atoms with van der Waals surface area (Å²) in [5.41, 5.74) is 5.63. The number of hydrogen-bond acceptors (Lipinski definition) is 2. The highest BCUT2D eigenvalue weighted by Gasteiger charge is 2.13. The normalized spacial score (nSPS) is 11.3. The zero-order valence-electron chi connectivity index (χ0n) is 12.0. The number of nitrogens with zero attached hydrogens (tertiary/aromatic N) is 3. The average molecular weight is 286 g/mol. The van der Waals surface area contributed by atoms with Gasteiger partial charge < -0.3 is 4.98 Å². The fourth-order valence-corrected chi connectivity index (χ4v) is 2.76. The molecule has 0 radical (unpaired) electrons. The first-order chi connectivity index (χ1) is 9.60. The molecule has 1 N–H and O–H groups in total. The maximum Gasteiger partial charge on any atom is 0.179 e. The molecule has 1 aromatic carbocycles. The van der Waals surface area contributed by atoms with Crippen LogP contribution in [-0.4, -0.2) is 19.3 Å². The molecule has 0 amide bonds. The number of nitrogens with one attached hydrogen (secondary N) is 1. The molecule has 0 atom stereocenters. The van der Waals surface area contributed by atoms with Gasteiger partial charge in [0.05, 0.1) is 12.2 Å². The van der Waals surface area contributed by atoms with Gasteiger partial charge in [-0.05, 0) is 38.6 Å². The first-order valence-corrected chi connectivity index (χ1v) is 7.22. The Labute approximate surface area is 123 Å². The van der Waals surface area contributed by atoms with Gasteiger partial charge in [0, 0.05) is 6.54 Å². The average Bonchev–Trinajstić information content (AvgIpc) is 2.91. The van der Waals surface area contributed by atoms with Crippen LogP contribution in [0.25, 0.3) is 11.2 Å². The fraction of sp³-hybridized carbons (Fsp3) is 0.333. The van der Waals surface area contributed by atoms with Crippen LogP contribution in [0.5, 0.6) is 0 Å². The Hall–Kier alpha value is -1.88. The van der Waals surface area contributed by atoms with E-state index in [4.69, 9.17) is 12.2 Å². The molecule has 0 fully saturated rings. The molecule has 0 unspecified atom stereocenters. The highest BCUT2D eigenvalue weighted by atomic mass is 32.1. The molecule has 0 saturated carbocycles. The van der Waals surface area contributed by atoms with E-state index < -0.39 is 0 Å². The third-order valence-electron chi connectivity index (χ3n) is 3.59. The van der Waals surface area contributed by atoms with Gasteiger partial charge in [-0.25, -0.2) is 4.68 Å². The predicted octanol–water partition coefficient (Wildman–Crippen LogP) is 3.58. The largest absolute Gasteiger partial charge is 0.328 e. The van der Waals surface area contributed by atoms with Gasteiger partial charge in [-0.15, -0.1) is 0 Å². The summed E-state index contributed by atoms with van der Waals surface area (Å²) < 4.78 is 4.88. The van der Waals surface area contributed by atoms with Crippen LogP contribution in [0.4, 0.5) is 0 Å². The summed E-state index contributed by atoms with van der Waals surface area (Å²) in [6.45, 7) is 7.81. The number of aryl methyl sites for hydroxylation is 3. The van der Waals surface area contributed by atoms with Gasteiger partial charge >= 0.3 is 0 Å². The zero-order chi connectivity index (χ0) is 14.3. The van der Waals surface area contributed by atoms with Crippen LogP contribution in [0.2, 0.25) is 0 Å². The lowest BCUT2D eigenvalue weighted by molar-refractivity contribution is 0.643. The van der Waals surface area contributed by atoms with E-state index in [0.717, 1.165) is 34.7 Å². The molecule has 3 aromatic rings. The minimum absolute atomic E-state index is 0.753. The summed E-state index contributed by atoms with van der Waals surface area (Å²) in [6.07, 6.45) is 0. The summed E-state index contributed by atoms with van der Waals surface area (Å²) >= 11 is 5.47. The minimum Gasteiger partial charge on any atom is -0.328 e. The number of aromatic amines is 1. The second kappa shape index (κ2) is 4.90. The number of hydrogen-bond donors (Lipinski definition) is 1. The van der Waals surface area contributed by atoms with Gasteiger partial charge in [-0.2, -0.15) is 5.10 Å². The molecule has 0 spiro atoms. The Morgan fingerprint density at radius 1 is 1.20 bits per heavy atom. The van der Waals surface area contributed by atoms with Gasteiger partial charge in [0.25, 0.3) is 0 Å². The van der Waals surface area contributed by atoms with Crippen molar-refractivity contribution < 1.29 is 0 Å². The molecule has 5 heteroatoms. The lowest BCUT2D eigenvalue weighted by Gasteiger charge is -2.06. The number of imidazole rings is 1. The number of benzene rings is 1. The van der Waals surface area contributed by atoms with Crippen molar-refractivity contribution in [3.63, 3.8) is 0 Å². The van der Waals surface area contributed by atoms with E-state index in [-0.39, 0.29) is 0 Å². The second-order valence-electron chi connectivity index (χ2n) is 5.10. The highest BCUT2D eigenvalue weighted by molar-refractivity contribution is 7.71. The third-order valence-corrected chi connectivity index (χ3v) is 3.92. The Balaban J connectivity index is 2.13. The zero-order valence-corrected chi connectivity index (χ0v) is 12.8. The Kier molecular flexibility index (Phi) is 3.22. The third kappa shape index (κ3) is 2.08. The number of H-pyrrole nitrogens is 1. The van der Waals surface area contributed by atoms with Crippen LogP contribution in [0.1, 0.15) is 23.7 Å². The lowest BCUT2D eigenvalue weighted by atomic mass is 10.1. The maximum atomic E-state index is 5.47. The molecule has 0 saturated heterocycles. The van der Waals surface area contributed by atoms with E-state index in [0.29, 0.717) is 0 Å². The van der Waals surface area contributed by atoms with E-state index in [2.05, 4.69) is 52.8 Å². The van der Waals surface area contributed by atoms with Gasteiger partial charge in [-0.3, -0.25) is 4.57 Å². The van der Waals surface area contributed by atoms with Crippen LogP contribution in [-0.2, 0) is 13.1 Å². The summed E-state index contributed by atoms with van der Waals surface area (Å²) in [5, 5.41) is 4.54. The van der Waals surface area contributed by atoms with Crippen molar-refractivity contribution >= 4 is 23.4 Å². The van der Waals surface area contributed by atoms with Crippen molar-refractivity contribution in [2.45, 2.75) is 33.9 Å². The monoisotopic (exact) mass is 286 g/mol. The van der Waals surface area contributed by atoms with Crippen molar-refractivity contribution in [3.05, 3.63) is 45.9 Å². The molecular formula is C15H18N4S. The molecule has 3 rings (SSSR count). The molecule has 104 valence electrons. The van der Waals surface area contributed by atoms with E-state index in [1.807, 2.05) is 11.6 Å². The summed E-state index contributed by atoms with van der Waals surface area (Å²) in [7, 11) is 0. The van der Waals surface area contributed by atoms with Crippen molar-refractivity contribution in [3.8, 4) is 0 Å². The quantitative estimate of drug-likeness (QED) is 0.747. The van der Waals surface area contributed by atoms with Crippen LogP contribution in [0.3, 0.4) is 0 Å². The van der Waals surface area contributed by atoms with E-state index in [9.17, 15) is 0 Å². The standard InChI is InChI=1S/C15H18N4S/c1-4-19-14-13(11(3)17-19)16-15(20)18(14)9-12-7-5-10(2)6-8-12/h5-8H,4,9H2,1-3H3,(H,16,20). The van der Waals surface area contributed by atoms with Crippen molar-refractivity contribution in [2.75, 3.05) is 0 Å². The summed E-state index contributed by atoms with van der Waals surface area (Å²) in [4.78, 5) is 3.28. The predicted molar refractivity (Wildman–Crippen MR) is 83.6 cm³/mol. The molecule has 20 heavy (non-hydrogen) atoms. The van der Waals surface area contributed by atoms with E-state index in [1.54, 1.807) is 0 Å². The van der Waals surface area contributed by atoms with Gasteiger partial charge in [0.1, 0.15) is 5.52 Å². The lowest BCUT2D eigenvalue weighted by Crippen LogP contribution is -2.06. The topological polar surface area (TPSA) is 38.5 Å². The number of rotatable bonds is 3. The van der Waals surface area contributed by atoms with Gasteiger partial charge in [0.15, 0.2) is 10.4 Å². The van der Waals surface area contributed by atoms with Crippen LogP contribution >= 0.6 is 12.2 Å². The maximum absolute atomic E-state index is 5.47. The first-order valence-electron chi connectivity index (χ1n) is 6.81. The van der Waals surface area contributed by atoms with Gasteiger partial charge in [0.2, 0.25) is 0 Å². The Morgan fingerprint density at radius 3 is 2.55 bits per heavy atom. The molecule has 4 nitrogen and oxygen atoms in total. The molecule has 0 aliphatic heterocycles. The Bertz CT molecular complexity index is 805. The number of aromatic nitrogens is 4. The smallest absolute Gasteiger partial charge is 0.179 e. The molecule has 0 bridgehead atoms. The van der Waals surface area contributed by atoms with E-state index >= 15 is 0 Å². The summed E-state index contributed by atoms with van der Waals surface area (Å²) in [6, 6.07) is 8.56. The SMILES string of the molecule is CCn1nc(C)c2[nH]c(=S)n(Cc3ccc(C)cc3)c21.